The largest absolute Gasteiger partial charge is 0.213 e. The molecule has 3 unspecified atom stereocenters. The van der Waals surface area contributed by atoms with Gasteiger partial charge in [0, 0.05) is 5.25 Å². The Balaban J connectivity index is 2.03. The molecule has 92 valence electrons. The van der Waals surface area contributed by atoms with Gasteiger partial charge in [0.1, 0.15) is 5.82 Å². The number of rotatable bonds is 3. The van der Waals surface area contributed by atoms with Crippen molar-refractivity contribution >= 4 is 23.3 Å². The summed E-state index contributed by atoms with van der Waals surface area (Å²) in [5.74, 6) is 1.81. The van der Waals surface area contributed by atoms with E-state index in [2.05, 4.69) is 22.4 Å². The first-order valence-corrected chi connectivity index (χ1v) is 7.74. The quantitative estimate of drug-likeness (QED) is 0.838. The minimum atomic E-state index is 0.187. The maximum Gasteiger partial charge on any atom is 0.170 e. The topological polar surface area (TPSA) is 49.6 Å². The van der Waals surface area contributed by atoms with Crippen molar-refractivity contribution in [2.45, 2.75) is 49.1 Å². The van der Waals surface area contributed by atoms with Crippen molar-refractivity contribution < 1.29 is 0 Å². The predicted molar refractivity (Wildman–Crippen MR) is 71.0 cm³/mol. The van der Waals surface area contributed by atoms with Crippen LogP contribution in [0.2, 0.25) is 0 Å². The Morgan fingerprint density at radius 1 is 1.53 bits per heavy atom. The fourth-order valence-corrected chi connectivity index (χ4v) is 4.57. The molecule has 0 bridgehead atoms. The van der Waals surface area contributed by atoms with E-state index < -0.39 is 0 Å². The maximum atomic E-state index is 9.21. The molecule has 3 nitrogen and oxygen atoms in total. The van der Waals surface area contributed by atoms with Gasteiger partial charge in [-0.3, -0.25) is 0 Å². The molecule has 1 aliphatic carbocycles. The summed E-state index contributed by atoms with van der Waals surface area (Å²) in [5.41, 5.74) is 0. The minimum absolute atomic E-state index is 0.187. The zero-order valence-corrected chi connectivity index (χ0v) is 11.9. The van der Waals surface area contributed by atoms with Gasteiger partial charge in [-0.15, -0.1) is 0 Å². The van der Waals surface area contributed by atoms with Crippen LogP contribution in [0.5, 0.6) is 0 Å². The number of nitriles is 1. The first-order chi connectivity index (χ1) is 8.22. The molecular formula is C12H17N3S2. The van der Waals surface area contributed by atoms with Crippen molar-refractivity contribution in [3.05, 3.63) is 5.82 Å². The monoisotopic (exact) mass is 267 g/mol. The summed E-state index contributed by atoms with van der Waals surface area (Å²) >= 11 is 3.22. The number of thioether (sulfide) groups is 1. The zero-order valence-electron chi connectivity index (χ0n) is 10.2. The van der Waals surface area contributed by atoms with Gasteiger partial charge in [0.2, 0.25) is 0 Å². The number of hydrogen-bond acceptors (Lipinski definition) is 5. The summed E-state index contributed by atoms with van der Waals surface area (Å²) in [5, 5.41) is 9.62. The summed E-state index contributed by atoms with van der Waals surface area (Å²) < 4.78 is 5.22. The van der Waals surface area contributed by atoms with Crippen molar-refractivity contribution in [1.29, 1.82) is 5.26 Å². The third kappa shape index (κ3) is 3.20. The maximum absolute atomic E-state index is 9.21. The van der Waals surface area contributed by atoms with Crippen LogP contribution in [-0.4, -0.2) is 14.6 Å². The first kappa shape index (κ1) is 12.8. The number of aromatic nitrogens is 2. The number of hydrogen-bond donors (Lipinski definition) is 0. The predicted octanol–water partition coefficient (Wildman–Crippen LogP) is 3.66. The summed E-state index contributed by atoms with van der Waals surface area (Å²) in [7, 11) is 0. The van der Waals surface area contributed by atoms with E-state index in [1.54, 1.807) is 11.8 Å². The van der Waals surface area contributed by atoms with E-state index in [9.17, 15) is 5.26 Å². The average Bonchev–Trinajstić information content (AvgIpc) is 2.74. The van der Waals surface area contributed by atoms with Crippen LogP contribution in [0.3, 0.4) is 0 Å². The van der Waals surface area contributed by atoms with Gasteiger partial charge in [0.05, 0.1) is 12.0 Å². The van der Waals surface area contributed by atoms with Crippen LogP contribution in [0, 0.1) is 30.1 Å². The first-order valence-electron chi connectivity index (χ1n) is 6.09. The van der Waals surface area contributed by atoms with E-state index in [-0.39, 0.29) is 5.92 Å². The lowest BCUT2D eigenvalue weighted by Gasteiger charge is -2.31. The molecule has 5 heteroatoms. The molecule has 17 heavy (non-hydrogen) atoms. The highest BCUT2D eigenvalue weighted by atomic mass is 32.2. The third-order valence-electron chi connectivity index (χ3n) is 3.40. The van der Waals surface area contributed by atoms with E-state index in [1.165, 1.54) is 24.4 Å². The van der Waals surface area contributed by atoms with E-state index in [0.29, 0.717) is 5.25 Å². The van der Waals surface area contributed by atoms with Crippen LogP contribution in [0.1, 0.15) is 38.4 Å². The van der Waals surface area contributed by atoms with Gasteiger partial charge >= 0.3 is 0 Å². The Labute approximate surface area is 111 Å². The molecule has 0 saturated heterocycles. The third-order valence-corrected chi connectivity index (χ3v) is 5.64. The normalized spacial score (nSPS) is 28.9. The standard InChI is InChI=1S/C12H17N3S2/c1-3-9-4-5-10(7-13)11(6-9)16-12-14-8(2)15-17-12/h9-11H,3-6H2,1-2H3. The van der Waals surface area contributed by atoms with Gasteiger partial charge in [0.25, 0.3) is 0 Å². The highest BCUT2D eigenvalue weighted by molar-refractivity contribution is 8.01. The molecule has 1 saturated carbocycles. The summed E-state index contributed by atoms with van der Waals surface area (Å²) in [6, 6.07) is 2.46. The van der Waals surface area contributed by atoms with Crippen LogP contribution < -0.4 is 0 Å². The summed E-state index contributed by atoms with van der Waals surface area (Å²) in [6.45, 7) is 4.16. The molecule has 2 rings (SSSR count). The SMILES string of the molecule is CCC1CCC(C#N)C(Sc2nc(C)ns2)C1. The lowest BCUT2D eigenvalue weighted by atomic mass is 9.81. The molecule has 0 aromatic carbocycles. The van der Waals surface area contributed by atoms with Crippen molar-refractivity contribution in [3.8, 4) is 6.07 Å². The van der Waals surface area contributed by atoms with E-state index in [1.807, 2.05) is 6.92 Å². The Kier molecular flexibility index (Phi) is 4.41. The van der Waals surface area contributed by atoms with Gasteiger partial charge in [-0.25, -0.2) is 4.98 Å². The molecule has 0 radical (unpaired) electrons. The van der Waals surface area contributed by atoms with Gasteiger partial charge in [-0.1, -0.05) is 25.1 Å². The second-order valence-electron chi connectivity index (χ2n) is 4.59. The molecule has 0 amide bonds. The molecule has 1 fully saturated rings. The fourth-order valence-electron chi connectivity index (χ4n) is 2.32. The molecule has 3 atom stereocenters. The molecular weight excluding hydrogens is 250 g/mol. The molecule has 1 aromatic rings. The van der Waals surface area contributed by atoms with Crippen LogP contribution >= 0.6 is 23.3 Å². The van der Waals surface area contributed by atoms with Gasteiger partial charge in [-0.05, 0) is 43.6 Å². The van der Waals surface area contributed by atoms with Crippen molar-refractivity contribution in [1.82, 2.24) is 9.36 Å². The van der Waals surface area contributed by atoms with Crippen LogP contribution in [-0.2, 0) is 0 Å². The molecule has 0 aliphatic heterocycles. The summed E-state index contributed by atoms with van der Waals surface area (Å²) in [6.07, 6.45) is 4.63. The molecule has 1 aromatic heterocycles. The molecule has 1 heterocycles. The van der Waals surface area contributed by atoms with Gasteiger partial charge in [0.15, 0.2) is 4.34 Å². The minimum Gasteiger partial charge on any atom is -0.213 e. The van der Waals surface area contributed by atoms with Crippen LogP contribution in [0.15, 0.2) is 4.34 Å². The van der Waals surface area contributed by atoms with E-state index in [0.717, 1.165) is 28.9 Å². The van der Waals surface area contributed by atoms with Crippen molar-refractivity contribution in [3.63, 3.8) is 0 Å². The van der Waals surface area contributed by atoms with Crippen LogP contribution in [0.4, 0.5) is 0 Å². The Morgan fingerprint density at radius 3 is 2.94 bits per heavy atom. The Bertz CT molecular complexity index is 410. The second kappa shape index (κ2) is 5.83. The second-order valence-corrected chi connectivity index (χ2v) is 6.82. The van der Waals surface area contributed by atoms with E-state index >= 15 is 0 Å². The number of nitrogens with zero attached hydrogens (tertiary/aromatic N) is 3. The Morgan fingerprint density at radius 2 is 2.35 bits per heavy atom. The van der Waals surface area contributed by atoms with Crippen molar-refractivity contribution in [2.75, 3.05) is 0 Å². The smallest absolute Gasteiger partial charge is 0.170 e. The van der Waals surface area contributed by atoms with Crippen molar-refractivity contribution in [2.24, 2.45) is 11.8 Å². The van der Waals surface area contributed by atoms with Gasteiger partial charge in [-0.2, -0.15) is 9.64 Å². The highest BCUT2D eigenvalue weighted by Gasteiger charge is 2.31. The molecule has 0 spiro atoms. The highest BCUT2D eigenvalue weighted by Crippen LogP contribution is 2.40. The Hall–Kier alpha value is -0.600. The molecule has 1 aliphatic rings. The van der Waals surface area contributed by atoms with E-state index in [4.69, 9.17) is 0 Å². The average molecular weight is 267 g/mol. The lowest BCUT2D eigenvalue weighted by Crippen LogP contribution is -2.25. The lowest BCUT2D eigenvalue weighted by molar-refractivity contribution is 0.317. The fraction of sp³-hybridized carbons (Fsp3) is 0.750. The molecule has 0 N–H and O–H groups in total. The van der Waals surface area contributed by atoms with Gasteiger partial charge < -0.3 is 0 Å². The zero-order chi connectivity index (χ0) is 12.3. The van der Waals surface area contributed by atoms with Crippen LogP contribution in [0.25, 0.3) is 0 Å². The number of aryl methyl sites for hydroxylation is 1. The summed E-state index contributed by atoms with van der Waals surface area (Å²) in [4.78, 5) is 4.39.